The third-order valence-electron chi connectivity index (χ3n) is 10.5. The molecule has 0 amide bonds. The molecule has 0 aromatic rings. The molecule has 26 heavy (non-hydrogen) atoms. The number of carboxylic acid groups (broad SMARTS) is 1. The topological polar surface area (TPSA) is 63.3 Å². The normalized spacial score (nSPS) is 53.2. The summed E-state index contributed by atoms with van der Waals surface area (Å²) in [6, 6.07) is 0. The number of hydrogen-bond donors (Lipinski definition) is 2. The quantitative estimate of drug-likeness (QED) is 0.736. The predicted octanol–water partition coefficient (Wildman–Crippen LogP) is 5.09. The van der Waals surface area contributed by atoms with E-state index in [2.05, 4.69) is 27.7 Å². The van der Waals surface area contributed by atoms with Gasteiger partial charge in [-0.25, -0.2) is 0 Å². The van der Waals surface area contributed by atoms with Crippen LogP contribution in [0.15, 0.2) is 0 Å². The van der Waals surface area contributed by atoms with Crippen molar-refractivity contribution in [2.75, 3.05) is 6.54 Å². The summed E-state index contributed by atoms with van der Waals surface area (Å²) >= 11 is 0. The molecule has 1 spiro atoms. The third-order valence-corrected chi connectivity index (χ3v) is 10.5. The molecule has 2 bridgehead atoms. The first-order valence-corrected chi connectivity index (χ1v) is 11.1. The van der Waals surface area contributed by atoms with Crippen LogP contribution in [0.5, 0.6) is 0 Å². The van der Waals surface area contributed by atoms with Gasteiger partial charge in [0.2, 0.25) is 0 Å². The minimum atomic E-state index is -0.556. The second-order valence-electron chi connectivity index (χ2n) is 11.3. The van der Waals surface area contributed by atoms with Crippen molar-refractivity contribution in [3.05, 3.63) is 0 Å². The third kappa shape index (κ3) is 2.13. The van der Waals surface area contributed by atoms with Gasteiger partial charge in [-0.1, -0.05) is 27.2 Å². The lowest BCUT2D eigenvalue weighted by Crippen LogP contribution is -2.66. The fourth-order valence-electron chi connectivity index (χ4n) is 8.85. The van der Waals surface area contributed by atoms with Crippen LogP contribution in [0, 0.1) is 45.3 Å². The molecular formula is C23H39NO2. The molecule has 0 aromatic carbocycles. The summed E-state index contributed by atoms with van der Waals surface area (Å²) < 4.78 is 0. The highest BCUT2D eigenvalue weighted by Crippen LogP contribution is 2.75. The molecule has 148 valence electrons. The molecule has 3 heteroatoms. The molecule has 0 aromatic heterocycles. The Hall–Kier alpha value is -0.570. The Morgan fingerprint density at radius 3 is 2.42 bits per heavy atom. The van der Waals surface area contributed by atoms with Crippen LogP contribution in [0.2, 0.25) is 0 Å². The summed E-state index contributed by atoms with van der Waals surface area (Å²) in [5.74, 6) is 1.80. The fourth-order valence-corrected chi connectivity index (χ4v) is 8.85. The molecule has 3 nitrogen and oxygen atoms in total. The van der Waals surface area contributed by atoms with Crippen LogP contribution in [0.3, 0.4) is 0 Å². The Bertz CT molecular complexity index is 603. The van der Waals surface area contributed by atoms with E-state index in [1.54, 1.807) is 0 Å². The molecule has 0 aliphatic heterocycles. The second kappa shape index (κ2) is 5.72. The van der Waals surface area contributed by atoms with Gasteiger partial charge in [0, 0.05) is 0 Å². The standard InChI is InChI=1S/C23H39NO2/c1-15(2)22-10-11-23(16(12-22)14-24)9-6-17-20(3,18(23)13-22)7-5-8-21(17,4)19(25)26/h15-18H,5-14,24H2,1-4H3,(H,25,26)/t16-,17-,18+,20+,21-,22+,23+/m1/s1. The Morgan fingerprint density at radius 1 is 1.08 bits per heavy atom. The average Bonchev–Trinajstić information content (AvgIpc) is 2.61. The maximum atomic E-state index is 12.3. The van der Waals surface area contributed by atoms with E-state index in [1.165, 1.54) is 38.5 Å². The lowest BCUT2D eigenvalue weighted by molar-refractivity contribution is -0.235. The van der Waals surface area contributed by atoms with E-state index >= 15 is 0 Å². The van der Waals surface area contributed by atoms with E-state index in [1.807, 2.05) is 0 Å². The number of aliphatic carboxylic acids is 1. The summed E-state index contributed by atoms with van der Waals surface area (Å²) in [5, 5.41) is 10.1. The highest BCUT2D eigenvalue weighted by atomic mass is 16.4. The van der Waals surface area contributed by atoms with Gasteiger partial charge in [0.15, 0.2) is 0 Å². The van der Waals surface area contributed by atoms with Crippen molar-refractivity contribution in [1.82, 2.24) is 0 Å². The van der Waals surface area contributed by atoms with Crippen LogP contribution in [0.4, 0.5) is 0 Å². The Kier molecular flexibility index (Phi) is 4.13. The molecule has 0 heterocycles. The smallest absolute Gasteiger partial charge is 0.309 e. The van der Waals surface area contributed by atoms with Gasteiger partial charge in [0.25, 0.3) is 0 Å². The zero-order valence-corrected chi connectivity index (χ0v) is 17.3. The van der Waals surface area contributed by atoms with Gasteiger partial charge < -0.3 is 10.8 Å². The lowest BCUT2D eigenvalue weighted by atomic mass is 9.32. The van der Waals surface area contributed by atoms with Gasteiger partial charge in [0.05, 0.1) is 5.41 Å². The molecule has 7 atom stereocenters. The number of carbonyl (C=O) groups is 1. The minimum absolute atomic E-state index is 0.179. The molecule has 5 fully saturated rings. The van der Waals surface area contributed by atoms with Gasteiger partial charge in [-0.05, 0) is 105 Å². The Morgan fingerprint density at radius 2 is 1.81 bits per heavy atom. The van der Waals surface area contributed by atoms with Crippen molar-refractivity contribution in [3.8, 4) is 0 Å². The first-order valence-electron chi connectivity index (χ1n) is 11.1. The zero-order valence-electron chi connectivity index (χ0n) is 17.3. The first-order chi connectivity index (χ1) is 12.1. The minimum Gasteiger partial charge on any atom is -0.481 e. The number of carboxylic acids is 1. The van der Waals surface area contributed by atoms with Crippen molar-refractivity contribution in [2.24, 2.45) is 51.1 Å². The summed E-state index contributed by atoms with van der Waals surface area (Å²) in [4.78, 5) is 12.3. The Labute approximate surface area is 159 Å². The lowest BCUT2D eigenvalue weighted by Gasteiger charge is -2.72. The van der Waals surface area contributed by atoms with E-state index in [0.29, 0.717) is 34.5 Å². The Balaban J connectivity index is 1.79. The van der Waals surface area contributed by atoms with E-state index < -0.39 is 11.4 Å². The second-order valence-corrected chi connectivity index (χ2v) is 11.3. The van der Waals surface area contributed by atoms with Gasteiger partial charge in [0.1, 0.15) is 0 Å². The van der Waals surface area contributed by atoms with E-state index in [4.69, 9.17) is 5.73 Å². The summed E-state index contributed by atoms with van der Waals surface area (Å²) in [5.41, 5.74) is 6.85. The van der Waals surface area contributed by atoms with Crippen LogP contribution < -0.4 is 5.73 Å². The summed E-state index contributed by atoms with van der Waals surface area (Å²) in [6.07, 6.45) is 10.8. The van der Waals surface area contributed by atoms with Gasteiger partial charge in [-0.2, -0.15) is 0 Å². The summed E-state index contributed by atoms with van der Waals surface area (Å²) in [6.45, 7) is 10.2. The summed E-state index contributed by atoms with van der Waals surface area (Å²) in [7, 11) is 0. The molecule has 0 unspecified atom stereocenters. The van der Waals surface area contributed by atoms with E-state index in [9.17, 15) is 9.90 Å². The highest BCUT2D eigenvalue weighted by molar-refractivity contribution is 5.75. The van der Waals surface area contributed by atoms with Crippen molar-refractivity contribution in [2.45, 2.75) is 85.5 Å². The highest BCUT2D eigenvalue weighted by Gasteiger charge is 2.69. The molecular weight excluding hydrogens is 322 g/mol. The molecule has 5 aliphatic carbocycles. The largest absolute Gasteiger partial charge is 0.481 e. The van der Waals surface area contributed by atoms with Crippen LogP contribution in [-0.4, -0.2) is 17.6 Å². The number of nitrogens with two attached hydrogens (primary N) is 1. The van der Waals surface area contributed by atoms with Crippen molar-refractivity contribution < 1.29 is 9.90 Å². The van der Waals surface area contributed by atoms with Gasteiger partial charge >= 0.3 is 5.97 Å². The predicted molar refractivity (Wildman–Crippen MR) is 105 cm³/mol. The molecule has 0 saturated heterocycles. The maximum absolute atomic E-state index is 12.3. The average molecular weight is 362 g/mol. The monoisotopic (exact) mass is 361 g/mol. The van der Waals surface area contributed by atoms with Crippen molar-refractivity contribution >= 4 is 5.97 Å². The first kappa shape index (κ1) is 18.8. The van der Waals surface area contributed by atoms with Crippen LogP contribution in [0.1, 0.15) is 85.5 Å². The van der Waals surface area contributed by atoms with E-state index in [-0.39, 0.29) is 5.41 Å². The molecule has 0 radical (unpaired) electrons. The fraction of sp³-hybridized carbons (Fsp3) is 0.957. The van der Waals surface area contributed by atoms with Crippen LogP contribution in [0.25, 0.3) is 0 Å². The zero-order chi connectivity index (χ0) is 19.0. The molecule has 3 N–H and O–H groups in total. The van der Waals surface area contributed by atoms with E-state index in [0.717, 1.165) is 25.8 Å². The van der Waals surface area contributed by atoms with Gasteiger partial charge in [-0.3, -0.25) is 4.79 Å². The van der Waals surface area contributed by atoms with Crippen LogP contribution in [-0.2, 0) is 4.79 Å². The molecule has 5 rings (SSSR count). The number of fused-ring (bicyclic) bond motifs is 3. The van der Waals surface area contributed by atoms with Crippen LogP contribution >= 0.6 is 0 Å². The number of rotatable bonds is 3. The molecule has 5 aliphatic rings. The van der Waals surface area contributed by atoms with Crippen molar-refractivity contribution in [1.29, 1.82) is 0 Å². The van der Waals surface area contributed by atoms with Gasteiger partial charge in [-0.15, -0.1) is 0 Å². The molecule has 5 saturated carbocycles. The van der Waals surface area contributed by atoms with Crippen molar-refractivity contribution in [3.63, 3.8) is 0 Å². The number of hydrogen-bond acceptors (Lipinski definition) is 2. The SMILES string of the molecule is CC(C)[C@]12CC[C@@]3(CC[C@@H]4[C@](C)(CCC[C@@]4(C)C(=O)O)[C@@H]3C1)[C@@H](CN)C2. The maximum Gasteiger partial charge on any atom is 0.309 e.